The monoisotopic (exact) mass is 400 g/mol. The SMILES string of the molecule is CC(=O)N1CCN(C(=O)/C=C/c2c(C)nn(Cc3ccccc3Cl)c2C)CC1. The van der Waals surface area contributed by atoms with Gasteiger partial charge in [0.15, 0.2) is 0 Å². The van der Waals surface area contributed by atoms with Crippen LogP contribution in [0.3, 0.4) is 0 Å². The molecule has 2 amide bonds. The Hall–Kier alpha value is -2.60. The Morgan fingerprint density at radius 3 is 2.39 bits per heavy atom. The molecule has 1 aliphatic rings. The topological polar surface area (TPSA) is 58.4 Å². The Kier molecular flexibility index (Phi) is 6.19. The number of hydrogen-bond acceptors (Lipinski definition) is 3. The number of benzene rings is 1. The normalized spacial score (nSPS) is 14.7. The highest BCUT2D eigenvalue weighted by molar-refractivity contribution is 6.31. The summed E-state index contributed by atoms with van der Waals surface area (Å²) in [5.41, 5.74) is 3.81. The molecule has 6 nitrogen and oxygen atoms in total. The van der Waals surface area contributed by atoms with Crippen LogP contribution in [0.5, 0.6) is 0 Å². The van der Waals surface area contributed by atoms with Gasteiger partial charge in [0.05, 0.1) is 12.2 Å². The van der Waals surface area contributed by atoms with Crippen LogP contribution in [0.1, 0.15) is 29.4 Å². The summed E-state index contributed by atoms with van der Waals surface area (Å²) >= 11 is 6.26. The zero-order valence-electron chi connectivity index (χ0n) is 16.5. The molecule has 0 N–H and O–H groups in total. The Morgan fingerprint density at radius 1 is 1.11 bits per heavy atom. The van der Waals surface area contributed by atoms with Crippen LogP contribution in [0.4, 0.5) is 0 Å². The molecule has 2 aromatic rings. The van der Waals surface area contributed by atoms with Crippen molar-refractivity contribution in [2.75, 3.05) is 26.2 Å². The minimum absolute atomic E-state index is 0.0409. The molecule has 1 aromatic carbocycles. The highest BCUT2D eigenvalue weighted by Crippen LogP contribution is 2.20. The maximum Gasteiger partial charge on any atom is 0.246 e. The first-order valence-electron chi connectivity index (χ1n) is 9.36. The third-order valence-electron chi connectivity index (χ3n) is 5.14. The highest BCUT2D eigenvalue weighted by Gasteiger charge is 2.21. The molecule has 0 spiro atoms. The van der Waals surface area contributed by atoms with Crippen molar-refractivity contribution in [3.05, 3.63) is 57.9 Å². The fourth-order valence-electron chi connectivity index (χ4n) is 3.40. The second kappa shape index (κ2) is 8.61. The van der Waals surface area contributed by atoms with Gasteiger partial charge in [-0.05, 0) is 31.6 Å². The van der Waals surface area contributed by atoms with Gasteiger partial charge in [-0.3, -0.25) is 14.3 Å². The average molecular weight is 401 g/mol. The van der Waals surface area contributed by atoms with Crippen molar-refractivity contribution in [2.45, 2.75) is 27.3 Å². The van der Waals surface area contributed by atoms with E-state index in [4.69, 9.17) is 11.6 Å². The number of rotatable bonds is 4. The van der Waals surface area contributed by atoms with Gasteiger partial charge in [-0.1, -0.05) is 29.8 Å². The van der Waals surface area contributed by atoms with Crippen molar-refractivity contribution in [1.29, 1.82) is 0 Å². The number of amides is 2. The van der Waals surface area contributed by atoms with Crippen LogP contribution in [0, 0.1) is 13.8 Å². The largest absolute Gasteiger partial charge is 0.339 e. The third-order valence-corrected chi connectivity index (χ3v) is 5.51. The molecule has 1 aliphatic heterocycles. The van der Waals surface area contributed by atoms with Gasteiger partial charge in [0.2, 0.25) is 11.8 Å². The van der Waals surface area contributed by atoms with Crippen LogP contribution in [0.2, 0.25) is 5.02 Å². The van der Waals surface area contributed by atoms with Crippen LogP contribution >= 0.6 is 11.6 Å². The number of carbonyl (C=O) groups is 2. The Labute approximate surface area is 170 Å². The number of nitrogens with zero attached hydrogens (tertiary/aromatic N) is 4. The lowest BCUT2D eigenvalue weighted by atomic mass is 10.1. The van der Waals surface area contributed by atoms with E-state index in [0.717, 1.165) is 22.5 Å². The summed E-state index contributed by atoms with van der Waals surface area (Å²) in [6.07, 6.45) is 3.43. The van der Waals surface area contributed by atoms with Crippen molar-refractivity contribution in [1.82, 2.24) is 19.6 Å². The number of piperazine rings is 1. The van der Waals surface area contributed by atoms with Gasteiger partial charge < -0.3 is 9.80 Å². The fraction of sp³-hybridized carbons (Fsp3) is 0.381. The smallest absolute Gasteiger partial charge is 0.246 e. The number of hydrogen-bond donors (Lipinski definition) is 0. The molecule has 0 saturated carbocycles. The summed E-state index contributed by atoms with van der Waals surface area (Å²) in [5, 5.41) is 5.32. The van der Waals surface area contributed by atoms with E-state index >= 15 is 0 Å². The molecule has 1 fully saturated rings. The lowest BCUT2D eigenvalue weighted by molar-refractivity contribution is -0.135. The predicted octanol–water partition coefficient (Wildman–Crippen LogP) is 2.91. The molecular weight excluding hydrogens is 376 g/mol. The molecule has 0 unspecified atom stereocenters. The molecule has 1 saturated heterocycles. The van der Waals surface area contributed by atoms with Crippen LogP contribution in [-0.2, 0) is 16.1 Å². The van der Waals surface area contributed by atoms with Crippen LogP contribution < -0.4 is 0 Å². The molecule has 3 rings (SSSR count). The number of halogens is 1. The third kappa shape index (κ3) is 4.44. The fourth-order valence-corrected chi connectivity index (χ4v) is 3.59. The molecule has 148 valence electrons. The van der Waals surface area contributed by atoms with Gasteiger partial charge in [0.25, 0.3) is 0 Å². The molecule has 0 atom stereocenters. The van der Waals surface area contributed by atoms with Gasteiger partial charge in [-0.15, -0.1) is 0 Å². The quantitative estimate of drug-likeness (QED) is 0.741. The van der Waals surface area contributed by atoms with E-state index in [9.17, 15) is 9.59 Å². The first-order valence-corrected chi connectivity index (χ1v) is 9.74. The van der Waals surface area contributed by atoms with E-state index in [2.05, 4.69) is 5.10 Å². The molecular formula is C21H25ClN4O2. The summed E-state index contributed by atoms with van der Waals surface area (Å²) < 4.78 is 1.91. The summed E-state index contributed by atoms with van der Waals surface area (Å²) in [6.45, 7) is 8.37. The maximum atomic E-state index is 12.5. The number of aryl methyl sites for hydroxylation is 1. The number of carbonyl (C=O) groups excluding carboxylic acids is 2. The van der Waals surface area contributed by atoms with E-state index < -0.39 is 0 Å². The van der Waals surface area contributed by atoms with Crippen molar-refractivity contribution in [3.63, 3.8) is 0 Å². The summed E-state index contributed by atoms with van der Waals surface area (Å²) in [4.78, 5) is 27.4. The van der Waals surface area contributed by atoms with Gasteiger partial charge >= 0.3 is 0 Å². The lowest BCUT2D eigenvalue weighted by Gasteiger charge is -2.33. The zero-order valence-corrected chi connectivity index (χ0v) is 17.2. The molecule has 0 aliphatic carbocycles. The van der Waals surface area contributed by atoms with Crippen molar-refractivity contribution in [2.24, 2.45) is 0 Å². The second-order valence-electron chi connectivity index (χ2n) is 7.00. The van der Waals surface area contributed by atoms with E-state index in [1.165, 1.54) is 0 Å². The Morgan fingerprint density at radius 2 is 1.75 bits per heavy atom. The molecule has 28 heavy (non-hydrogen) atoms. The molecule has 7 heteroatoms. The van der Waals surface area contributed by atoms with Gasteiger partial charge in [-0.25, -0.2) is 0 Å². The van der Waals surface area contributed by atoms with Crippen molar-refractivity contribution >= 4 is 29.5 Å². The van der Waals surface area contributed by atoms with Gasteiger partial charge in [0.1, 0.15) is 0 Å². The molecule has 0 bridgehead atoms. The zero-order chi connectivity index (χ0) is 20.3. The minimum atomic E-state index is -0.0409. The van der Waals surface area contributed by atoms with Crippen LogP contribution in [0.25, 0.3) is 6.08 Å². The highest BCUT2D eigenvalue weighted by atomic mass is 35.5. The van der Waals surface area contributed by atoms with Crippen molar-refractivity contribution in [3.8, 4) is 0 Å². The minimum Gasteiger partial charge on any atom is -0.339 e. The van der Waals surface area contributed by atoms with Gasteiger partial charge in [-0.2, -0.15) is 5.10 Å². The van der Waals surface area contributed by atoms with Crippen molar-refractivity contribution < 1.29 is 9.59 Å². The van der Waals surface area contributed by atoms with Crippen LogP contribution in [-0.4, -0.2) is 57.6 Å². The predicted molar refractivity (Wildman–Crippen MR) is 110 cm³/mol. The molecule has 1 aromatic heterocycles. The first-order chi connectivity index (χ1) is 13.4. The summed E-state index contributed by atoms with van der Waals surface area (Å²) in [5.74, 6) is 0.0145. The number of aromatic nitrogens is 2. The lowest BCUT2D eigenvalue weighted by Crippen LogP contribution is -2.49. The average Bonchev–Trinajstić information content (AvgIpc) is 2.94. The van der Waals surface area contributed by atoms with E-state index in [1.54, 1.807) is 22.8 Å². The van der Waals surface area contributed by atoms with Gasteiger partial charge in [0, 0.05) is 55.5 Å². The van der Waals surface area contributed by atoms with E-state index in [-0.39, 0.29) is 11.8 Å². The first kappa shape index (κ1) is 20.1. The molecule has 0 radical (unpaired) electrons. The Balaban J connectivity index is 1.69. The second-order valence-corrected chi connectivity index (χ2v) is 7.41. The van der Waals surface area contributed by atoms with Crippen LogP contribution in [0.15, 0.2) is 30.3 Å². The summed E-state index contributed by atoms with van der Waals surface area (Å²) in [7, 11) is 0. The van der Waals surface area contributed by atoms with E-state index in [0.29, 0.717) is 37.7 Å². The standard InChI is InChI=1S/C21H25ClN4O2/c1-15-19(8-9-21(28)25-12-10-24(11-13-25)17(3)27)16(2)26(23-15)14-18-6-4-5-7-20(18)22/h4-9H,10-14H2,1-3H3/b9-8+. The molecule has 2 heterocycles. The van der Waals surface area contributed by atoms with E-state index in [1.807, 2.05) is 48.9 Å². The summed E-state index contributed by atoms with van der Waals surface area (Å²) in [6, 6.07) is 7.72. The Bertz CT molecular complexity index is 911. The maximum absolute atomic E-state index is 12.5.